The van der Waals surface area contributed by atoms with E-state index in [1.165, 1.54) is 22.9 Å². The zero-order valence-electron chi connectivity index (χ0n) is 12.7. The standard InChI is InChI=1S/C13H20N2O4S2.ClH/c1-13(2)8-15(5-4-11(13)14)21(17,18)9-6-10(20-7-9)12(16)19-3;/h6-7,11H,4-5,8,14H2,1-3H3;1H. The Hall–Kier alpha value is -0.670. The van der Waals surface area contributed by atoms with E-state index in [1.807, 2.05) is 13.8 Å². The maximum Gasteiger partial charge on any atom is 0.348 e. The average Bonchev–Trinajstić information content (AvgIpc) is 2.91. The van der Waals surface area contributed by atoms with E-state index in [-0.39, 0.29) is 33.6 Å². The van der Waals surface area contributed by atoms with E-state index >= 15 is 0 Å². The number of halogens is 1. The summed E-state index contributed by atoms with van der Waals surface area (Å²) >= 11 is 1.07. The van der Waals surface area contributed by atoms with Gasteiger partial charge in [0.15, 0.2) is 0 Å². The first-order chi connectivity index (χ1) is 9.68. The van der Waals surface area contributed by atoms with E-state index in [0.717, 1.165) is 11.3 Å². The fourth-order valence-electron chi connectivity index (χ4n) is 2.34. The highest BCUT2D eigenvalue weighted by Crippen LogP contribution is 2.32. The Morgan fingerprint density at radius 3 is 2.68 bits per heavy atom. The summed E-state index contributed by atoms with van der Waals surface area (Å²) < 4.78 is 31.3. The molecule has 126 valence electrons. The Labute approximate surface area is 141 Å². The Morgan fingerprint density at radius 1 is 1.50 bits per heavy atom. The second-order valence-electron chi connectivity index (χ2n) is 5.86. The monoisotopic (exact) mass is 368 g/mol. The molecule has 0 saturated carbocycles. The van der Waals surface area contributed by atoms with Gasteiger partial charge in [-0.1, -0.05) is 13.8 Å². The molecule has 0 aromatic carbocycles. The number of piperidine rings is 1. The number of carbonyl (C=O) groups excluding carboxylic acids is 1. The number of hydrogen-bond donors (Lipinski definition) is 1. The molecule has 1 atom stereocenters. The molecule has 1 aromatic rings. The second kappa shape index (κ2) is 6.84. The largest absolute Gasteiger partial charge is 0.465 e. The normalized spacial score (nSPS) is 21.9. The molecule has 22 heavy (non-hydrogen) atoms. The summed E-state index contributed by atoms with van der Waals surface area (Å²) in [6.45, 7) is 4.70. The molecule has 2 N–H and O–H groups in total. The van der Waals surface area contributed by atoms with Crippen molar-refractivity contribution in [3.63, 3.8) is 0 Å². The number of methoxy groups -OCH3 is 1. The van der Waals surface area contributed by atoms with Crippen LogP contribution in [0.5, 0.6) is 0 Å². The van der Waals surface area contributed by atoms with Gasteiger partial charge < -0.3 is 10.5 Å². The van der Waals surface area contributed by atoms with E-state index in [4.69, 9.17) is 5.73 Å². The van der Waals surface area contributed by atoms with Gasteiger partial charge in [-0.15, -0.1) is 23.7 Å². The molecule has 0 aliphatic carbocycles. The first-order valence-electron chi connectivity index (χ1n) is 6.61. The van der Waals surface area contributed by atoms with Crippen LogP contribution in [0.15, 0.2) is 16.3 Å². The van der Waals surface area contributed by atoms with Crippen LogP contribution in [0.2, 0.25) is 0 Å². The van der Waals surface area contributed by atoms with Crippen LogP contribution in [0.1, 0.15) is 29.9 Å². The van der Waals surface area contributed by atoms with E-state index in [9.17, 15) is 13.2 Å². The van der Waals surface area contributed by atoms with Crippen LogP contribution < -0.4 is 5.73 Å². The van der Waals surface area contributed by atoms with E-state index in [0.29, 0.717) is 19.5 Å². The lowest BCUT2D eigenvalue weighted by Crippen LogP contribution is -2.53. The van der Waals surface area contributed by atoms with Gasteiger partial charge in [0.1, 0.15) is 4.88 Å². The third-order valence-corrected chi connectivity index (χ3v) is 6.76. The van der Waals surface area contributed by atoms with Gasteiger partial charge in [-0.3, -0.25) is 0 Å². The van der Waals surface area contributed by atoms with Crippen molar-refractivity contribution in [1.82, 2.24) is 4.31 Å². The van der Waals surface area contributed by atoms with Crippen molar-refractivity contribution in [2.24, 2.45) is 11.1 Å². The van der Waals surface area contributed by atoms with Gasteiger partial charge in [0, 0.05) is 24.5 Å². The predicted molar refractivity (Wildman–Crippen MR) is 88.0 cm³/mol. The first-order valence-corrected chi connectivity index (χ1v) is 8.93. The number of esters is 1. The highest BCUT2D eigenvalue weighted by atomic mass is 35.5. The summed E-state index contributed by atoms with van der Waals surface area (Å²) in [5.74, 6) is -0.526. The van der Waals surface area contributed by atoms with E-state index in [1.54, 1.807) is 0 Å². The summed E-state index contributed by atoms with van der Waals surface area (Å²) in [7, 11) is -2.33. The minimum Gasteiger partial charge on any atom is -0.465 e. The predicted octanol–water partition coefficient (Wildman–Crippen LogP) is 1.70. The fraction of sp³-hybridized carbons (Fsp3) is 0.615. The Morgan fingerprint density at radius 2 is 2.14 bits per heavy atom. The topological polar surface area (TPSA) is 89.7 Å². The van der Waals surface area contributed by atoms with E-state index < -0.39 is 16.0 Å². The van der Waals surface area contributed by atoms with Gasteiger partial charge in [0.25, 0.3) is 0 Å². The Kier molecular flexibility index (Phi) is 6.02. The zero-order chi connectivity index (χ0) is 15.8. The molecule has 1 saturated heterocycles. The summed E-state index contributed by atoms with van der Waals surface area (Å²) in [6, 6.07) is 1.35. The van der Waals surface area contributed by atoms with Crippen LogP contribution in [0.3, 0.4) is 0 Å². The maximum atomic E-state index is 12.6. The lowest BCUT2D eigenvalue weighted by Gasteiger charge is -2.41. The molecular weight excluding hydrogens is 348 g/mol. The van der Waals surface area contributed by atoms with Crippen LogP contribution in [0.4, 0.5) is 0 Å². The summed E-state index contributed by atoms with van der Waals surface area (Å²) in [4.78, 5) is 11.9. The van der Waals surface area contributed by atoms with Crippen LogP contribution in [-0.2, 0) is 14.8 Å². The van der Waals surface area contributed by atoms with Crippen molar-refractivity contribution in [1.29, 1.82) is 0 Å². The van der Waals surface area contributed by atoms with Gasteiger partial charge in [-0.25, -0.2) is 13.2 Å². The van der Waals surface area contributed by atoms with Gasteiger partial charge in [0.05, 0.1) is 12.0 Å². The quantitative estimate of drug-likeness (QED) is 0.820. The third-order valence-electron chi connectivity index (χ3n) is 3.88. The molecule has 9 heteroatoms. The number of thiophene rings is 1. The lowest BCUT2D eigenvalue weighted by atomic mass is 9.81. The molecule has 1 aromatic heterocycles. The SMILES string of the molecule is COC(=O)c1cc(S(=O)(=O)N2CCC(N)C(C)(C)C2)cs1.Cl. The lowest BCUT2D eigenvalue weighted by molar-refractivity contribution is 0.0606. The highest BCUT2D eigenvalue weighted by Gasteiger charge is 2.39. The molecule has 0 radical (unpaired) electrons. The van der Waals surface area contributed by atoms with Crippen molar-refractivity contribution >= 4 is 39.7 Å². The summed E-state index contributed by atoms with van der Waals surface area (Å²) in [5, 5.41) is 1.48. The molecule has 1 fully saturated rings. The molecule has 0 spiro atoms. The smallest absolute Gasteiger partial charge is 0.348 e. The van der Waals surface area contributed by atoms with Crippen LogP contribution in [0, 0.1) is 5.41 Å². The molecule has 0 bridgehead atoms. The highest BCUT2D eigenvalue weighted by molar-refractivity contribution is 7.89. The van der Waals surface area contributed by atoms with Gasteiger partial charge in [0.2, 0.25) is 10.0 Å². The average molecular weight is 369 g/mol. The number of hydrogen-bond acceptors (Lipinski definition) is 6. The Bertz CT molecular complexity index is 642. The molecule has 2 heterocycles. The molecule has 0 amide bonds. The molecule has 6 nitrogen and oxygen atoms in total. The van der Waals surface area contributed by atoms with Gasteiger partial charge in [-0.2, -0.15) is 4.31 Å². The summed E-state index contributed by atoms with van der Waals surface area (Å²) in [5.41, 5.74) is 5.77. The number of carbonyl (C=O) groups is 1. The molecule has 1 aliphatic heterocycles. The molecule has 2 rings (SSSR count). The second-order valence-corrected chi connectivity index (χ2v) is 8.71. The number of nitrogens with two attached hydrogens (primary N) is 1. The fourth-order valence-corrected chi connectivity index (χ4v) is 5.15. The van der Waals surface area contributed by atoms with Crippen LogP contribution >= 0.6 is 23.7 Å². The van der Waals surface area contributed by atoms with Crippen LogP contribution in [-0.4, -0.2) is 44.9 Å². The number of rotatable bonds is 3. The number of sulfonamides is 1. The first kappa shape index (κ1) is 19.4. The zero-order valence-corrected chi connectivity index (χ0v) is 15.2. The van der Waals surface area contributed by atoms with Crippen molar-refractivity contribution in [3.8, 4) is 0 Å². The molecule has 1 aliphatic rings. The molecular formula is C13H21ClN2O4S2. The van der Waals surface area contributed by atoms with Crippen molar-refractivity contribution < 1.29 is 17.9 Å². The molecule has 1 unspecified atom stereocenters. The van der Waals surface area contributed by atoms with Gasteiger partial charge >= 0.3 is 5.97 Å². The minimum atomic E-state index is -3.60. The number of nitrogens with zero attached hydrogens (tertiary/aromatic N) is 1. The van der Waals surface area contributed by atoms with Crippen molar-refractivity contribution in [2.45, 2.75) is 31.2 Å². The van der Waals surface area contributed by atoms with E-state index in [2.05, 4.69) is 4.74 Å². The maximum absolute atomic E-state index is 12.6. The number of ether oxygens (including phenoxy) is 1. The van der Waals surface area contributed by atoms with Crippen molar-refractivity contribution in [3.05, 3.63) is 16.3 Å². The van der Waals surface area contributed by atoms with Crippen molar-refractivity contribution in [2.75, 3.05) is 20.2 Å². The van der Waals surface area contributed by atoms with Crippen LogP contribution in [0.25, 0.3) is 0 Å². The minimum absolute atomic E-state index is 0. The summed E-state index contributed by atoms with van der Waals surface area (Å²) in [6.07, 6.45) is 0.625. The van der Waals surface area contributed by atoms with Gasteiger partial charge in [-0.05, 0) is 17.9 Å². The Balaban J connectivity index is 0.00000242. The third kappa shape index (κ3) is 3.62.